The van der Waals surface area contributed by atoms with Crippen LogP contribution in [0.4, 0.5) is 9.59 Å². The van der Waals surface area contributed by atoms with Crippen LogP contribution in [-0.4, -0.2) is 55.5 Å². The van der Waals surface area contributed by atoms with E-state index in [1.807, 2.05) is 30.3 Å². The molecule has 0 aromatic heterocycles. The van der Waals surface area contributed by atoms with Gasteiger partial charge < -0.3 is 24.8 Å². The SMILES string of the molecule is C.C.CN1C[C@H](CO)OC1=O.CNC(=O)OCc1ccccc1.[Ar].[Ar]. The van der Waals surface area contributed by atoms with Crippen molar-refractivity contribution in [2.75, 3.05) is 27.2 Å². The summed E-state index contributed by atoms with van der Waals surface area (Å²) in [6.07, 6.45) is -1.07. The third kappa shape index (κ3) is 14.0. The Hall–Kier alpha value is 0.239. The fraction of sp³-hybridized carbons (Fsp3) is 0.500. The smallest absolute Gasteiger partial charge is 0.410 e. The van der Waals surface area contributed by atoms with Crippen LogP contribution in [0, 0.1) is 75.5 Å². The summed E-state index contributed by atoms with van der Waals surface area (Å²) in [5.41, 5.74) is 0.987. The van der Waals surface area contributed by atoms with Gasteiger partial charge in [0.1, 0.15) is 12.7 Å². The molecule has 0 saturated carbocycles. The maximum atomic E-state index is 10.7. The van der Waals surface area contributed by atoms with E-state index >= 15 is 0 Å². The zero-order valence-corrected chi connectivity index (χ0v) is 14.2. The molecule has 1 aliphatic heterocycles. The first-order valence-electron chi connectivity index (χ1n) is 6.47. The summed E-state index contributed by atoms with van der Waals surface area (Å²) in [5.74, 6) is 0. The first-order valence-corrected chi connectivity index (χ1v) is 6.47. The molecule has 25 heavy (non-hydrogen) atoms. The van der Waals surface area contributed by atoms with Crippen molar-refractivity contribution >= 4 is 12.2 Å². The number of rotatable bonds is 3. The van der Waals surface area contributed by atoms with E-state index in [4.69, 9.17) is 9.84 Å². The molecule has 9 heteroatoms. The largest absolute Gasteiger partial charge is 0.445 e. The molecule has 1 aliphatic rings. The minimum absolute atomic E-state index is 0. The third-order valence-corrected chi connectivity index (χ3v) is 2.68. The number of amides is 2. The van der Waals surface area contributed by atoms with E-state index in [1.54, 1.807) is 7.05 Å². The van der Waals surface area contributed by atoms with Crippen LogP contribution in [0.25, 0.3) is 0 Å². The minimum Gasteiger partial charge on any atom is -0.445 e. The van der Waals surface area contributed by atoms with E-state index < -0.39 is 6.09 Å². The van der Waals surface area contributed by atoms with Crippen molar-refractivity contribution in [1.82, 2.24) is 10.2 Å². The zero-order chi connectivity index (χ0) is 15.7. The van der Waals surface area contributed by atoms with E-state index in [1.165, 1.54) is 11.9 Å². The second-order valence-electron chi connectivity index (χ2n) is 4.38. The topological polar surface area (TPSA) is 88.1 Å². The van der Waals surface area contributed by atoms with E-state index in [0.717, 1.165) is 5.56 Å². The molecule has 1 aromatic carbocycles. The quantitative estimate of drug-likeness (QED) is 0.801. The van der Waals surface area contributed by atoms with Crippen LogP contribution < -0.4 is 5.32 Å². The van der Waals surface area contributed by atoms with E-state index in [9.17, 15) is 9.59 Å². The van der Waals surface area contributed by atoms with Gasteiger partial charge >= 0.3 is 12.2 Å². The number of likely N-dealkylation sites (N-methyl/N-ethyl adjacent to an activating group) is 1. The van der Waals surface area contributed by atoms with Crippen LogP contribution in [0.1, 0.15) is 20.4 Å². The number of nitrogens with zero attached hydrogens (tertiary/aromatic N) is 1. The zero-order valence-electron chi connectivity index (χ0n) is 12.8. The Bertz CT molecular complexity index is 463. The molecule has 1 aromatic rings. The van der Waals surface area contributed by atoms with Gasteiger partial charge in [-0.25, -0.2) is 9.59 Å². The number of hydrogen-bond acceptors (Lipinski definition) is 5. The summed E-state index contributed by atoms with van der Waals surface area (Å²) in [6.45, 7) is 0.728. The van der Waals surface area contributed by atoms with E-state index in [2.05, 4.69) is 10.1 Å². The van der Waals surface area contributed by atoms with Crippen LogP contribution >= 0.6 is 0 Å². The molecule has 0 unspecified atom stereocenters. The third-order valence-electron chi connectivity index (χ3n) is 2.68. The maximum Gasteiger partial charge on any atom is 0.410 e. The number of benzene rings is 1. The Kier molecular flexibility index (Phi) is 25.0. The predicted molar refractivity (Wildman–Crippen MR) is 89.1 cm³/mol. The minimum atomic E-state index is -0.404. The molecule has 2 N–H and O–H groups in total. The molecule has 7 nitrogen and oxygen atoms in total. The molecular weight excluding hydrogens is 380 g/mol. The molecule has 1 fully saturated rings. The van der Waals surface area contributed by atoms with Crippen LogP contribution in [0.5, 0.6) is 0 Å². The number of cyclic esters (lactones) is 1. The number of aliphatic hydroxyl groups excluding tert-OH is 1. The van der Waals surface area contributed by atoms with Crippen molar-refractivity contribution in [1.29, 1.82) is 0 Å². The van der Waals surface area contributed by atoms with Crippen molar-refractivity contribution < 1.29 is 99.6 Å². The van der Waals surface area contributed by atoms with Crippen LogP contribution in [0.2, 0.25) is 0 Å². The summed E-state index contributed by atoms with van der Waals surface area (Å²) in [5, 5.41) is 10.9. The molecular formula is C16H28Ar2N2O5. The first-order chi connectivity index (χ1) is 10.1. The van der Waals surface area contributed by atoms with Gasteiger partial charge in [0.15, 0.2) is 0 Å². The van der Waals surface area contributed by atoms with E-state index in [0.29, 0.717) is 13.2 Å². The Morgan fingerprint density at radius 3 is 2.24 bits per heavy atom. The summed E-state index contributed by atoms with van der Waals surface area (Å²) in [4.78, 5) is 22.6. The summed E-state index contributed by atoms with van der Waals surface area (Å²) in [7, 11) is 3.17. The Balaban J connectivity index is -0.000000156. The number of carbonyl (C=O) groups excluding carboxylic acids is 2. The van der Waals surface area contributed by atoms with Gasteiger partial charge in [-0.3, -0.25) is 0 Å². The number of hydrogen-bond donors (Lipinski definition) is 2. The molecule has 1 saturated heterocycles. The molecule has 1 atom stereocenters. The first kappa shape index (κ1) is 32.9. The average molecular weight is 408 g/mol. The fourth-order valence-electron chi connectivity index (χ4n) is 1.54. The molecule has 0 aliphatic carbocycles. The summed E-state index contributed by atoms with van der Waals surface area (Å²) < 4.78 is 9.49. The Morgan fingerprint density at radius 2 is 1.88 bits per heavy atom. The van der Waals surface area contributed by atoms with E-state index in [-0.39, 0.29) is 109 Å². The molecule has 0 spiro atoms. The molecule has 0 bridgehead atoms. The van der Waals surface area contributed by atoms with Gasteiger partial charge in [-0.1, -0.05) is 45.2 Å². The monoisotopic (exact) mass is 408 g/mol. The van der Waals surface area contributed by atoms with Gasteiger partial charge in [0.25, 0.3) is 0 Å². The Labute approximate surface area is 210 Å². The van der Waals surface area contributed by atoms with Crippen molar-refractivity contribution in [3.63, 3.8) is 0 Å². The second kappa shape index (κ2) is 19.0. The number of alkyl carbamates (subject to hydrolysis) is 1. The number of nitrogens with one attached hydrogen (secondary N) is 1. The molecule has 1 heterocycles. The van der Waals surface area contributed by atoms with Crippen molar-refractivity contribution in [3.05, 3.63) is 35.9 Å². The van der Waals surface area contributed by atoms with Gasteiger partial charge in [-0.05, 0) is 5.56 Å². The normalized spacial score (nSPS) is 14.0. The van der Waals surface area contributed by atoms with Crippen molar-refractivity contribution in [3.8, 4) is 0 Å². The van der Waals surface area contributed by atoms with Gasteiger partial charge in [0.05, 0.1) is 13.2 Å². The standard InChI is InChI=1S/C9H11NO2.C5H9NO3.2CH4.2Ar/c1-10-9(11)12-7-8-5-3-2-4-6-8;1-6-2-4(3-7)9-5(6)8;;;;/h2-6H,7H2,1H3,(H,10,11);4,7H,2-3H2,1H3;2*1H4;;/t;4-;;;;/m.1..../s1. The van der Waals surface area contributed by atoms with Gasteiger partial charge in [-0.15, -0.1) is 0 Å². The average Bonchev–Trinajstić information content (AvgIpc) is 2.85. The van der Waals surface area contributed by atoms with Crippen LogP contribution in [-0.2, 0) is 16.1 Å². The fourth-order valence-corrected chi connectivity index (χ4v) is 1.54. The molecule has 2 rings (SSSR count). The molecule has 148 valence electrons. The van der Waals surface area contributed by atoms with Crippen LogP contribution in [0.3, 0.4) is 0 Å². The Morgan fingerprint density at radius 1 is 1.32 bits per heavy atom. The van der Waals surface area contributed by atoms with Gasteiger partial charge in [0.2, 0.25) is 0 Å². The predicted octanol–water partition coefficient (Wildman–Crippen LogP) is 2.24. The van der Waals surface area contributed by atoms with Gasteiger partial charge in [0, 0.05) is 89.6 Å². The van der Waals surface area contributed by atoms with Crippen molar-refractivity contribution in [2.45, 2.75) is 27.6 Å². The van der Waals surface area contributed by atoms with Gasteiger partial charge in [-0.2, -0.15) is 0 Å². The summed E-state index contributed by atoms with van der Waals surface area (Å²) >= 11 is 0. The molecule has 0 radical (unpaired) electrons. The van der Waals surface area contributed by atoms with Crippen LogP contribution in [0.15, 0.2) is 30.3 Å². The number of aliphatic hydroxyl groups is 1. The van der Waals surface area contributed by atoms with Crippen molar-refractivity contribution in [2.24, 2.45) is 0 Å². The maximum absolute atomic E-state index is 10.7. The number of ether oxygens (including phenoxy) is 2. The second-order valence-corrected chi connectivity index (χ2v) is 4.38. The number of carbonyl (C=O) groups is 2. The summed E-state index contributed by atoms with van der Waals surface area (Å²) in [6, 6.07) is 9.54. The molecule has 2 amide bonds.